The molecule has 0 amide bonds. The van der Waals surface area contributed by atoms with Crippen LogP contribution in [0, 0.1) is 0 Å². The Balaban J connectivity index is 1.19. The van der Waals surface area contributed by atoms with Crippen LogP contribution < -0.4 is 25.4 Å². The molecule has 5 aromatic rings. The Kier molecular flexibility index (Phi) is 8.32. The molecule has 11 heteroatoms. The van der Waals surface area contributed by atoms with Gasteiger partial charge in [-0.1, -0.05) is 45.4 Å². The third-order valence-corrected chi connectivity index (χ3v) is 7.18. The summed E-state index contributed by atoms with van der Waals surface area (Å²) in [4.78, 5) is 19.5. The number of halogens is 1. The first-order valence-electron chi connectivity index (χ1n) is 13.5. The van der Waals surface area contributed by atoms with Crippen molar-refractivity contribution >= 4 is 56.5 Å². The van der Waals surface area contributed by atoms with E-state index >= 15 is 0 Å². The maximum absolute atomic E-state index is 5.73. The summed E-state index contributed by atoms with van der Waals surface area (Å²) in [5, 5.41) is 14.1. The number of rotatable bonds is 10. The van der Waals surface area contributed by atoms with E-state index in [1.54, 1.807) is 14.2 Å². The fourth-order valence-electron chi connectivity index (χ4n) is 4.46. The molecule has 0 spiro atoms. The molecule has 216 valence electrons. The highest BCUT2D eigenvalue weighted by atomic mass is 79.9. The second-order valence-corrected chi connectivity index (χ2v) is 10.5. The molecular weight excluding hydrogens is 610 g/mol. The Labute approximate surface area is 257 Å². The molecule has 3 N–H and O–H groups in total. The lowest BCUT2D eigenvalue weighted by Crippen LogP contribution is -2.07. The van der Waals surface area contributed by atoms with Gasteiger partial charge in [-0.3, -0.25) is 0 Å². The van der Waals surface area contributed by atoms with Crippen LogP contribution in [0.25, 0.3) is 0 Å². The lowest BCUT2D eigenvalue weighted by Gasteiger charge is -2.12. The fraction of sp³-hybridized carbons (Fsp3) is 0.125. The van der Waals surface area contributed by atoms with Crippen molar-refractivity contribution in [1.29, 1.82) is 0 Å². The Morgan fingerprint density at radius 2 is 1.16 bits per heavy atom. The highest BCUT2D eigenvalue weighted by Gasteiger charge is 2.24. The van der Waals surface area contributed by atoms with Crippen LogP contribution in [-0.4, -0.2) is 34.9 Å². The maximum atomic E-state index is 5.73. The van der Waals surface area contributed by atoms with Crippen LogP contribution >= 0.6 is 15.9 Å². The van der Waals surface area contributed by atoms with Crippen molar-refractivity contribution in [2.75, 3.05) is 30.2 Å². The lowest BCUT2D eigenvalue weighted by molar-refractivity contribution is 0.0857. The van der Waals surface area contributed by atoms with Gasteiger partial charge in [0, 0.05) is 28.0 Å². The smallest absolute Gasteiger partial charge is 0.233 e. The monoisotopic (exact) mass is 637 g/mol. The highest BCUT2D eigenvalue weighted by molar-refractivity contribution is 9.10. The van der Waals surface area contributed by atoms with Crippen LogP contribution in [0.1, 0.15) is 23.7 Å². The van der Waals surface area contributed by atoms with Crippen LogP contribution in [0.15, 0.2) is 107 Å². The van der Waals surface area contributed by atoms with Gasteiger partial charge in [0.05, 0.1) is 19.9 Å². The minimum atomic E-state index is -0.108. The summed E-state index contributed by atoms with van der Waals surface area (Å²) in [5.41, 5.74) is 5.39. The number of hydrogen-bond donors (Lipinski definition) is 3. The molecule has 10 nitrogen and oxygen atoms in total. The van der Waals surface area contributed by atoms with Gasteiger partial charge in [-0.2, -0.15) is 15.0 Å². The number of methoxy groups -OCH3 is 2. The molecule has 1 atom stereocenters. The zero-order valence-electron chi connectivity index (χ0n) is 23.4. The van der Waals surface area contributed by atoms with Crippen molar-refractivity contribution in [3.63, 3.8) is 0 Å². The fourth-order valence-corrected chi connectivity index (χ4v) is 4.88. The molecule has 0 radical (unpaired) electrons. The summed E-state index contributed by atoms with van der Waals surface area (Å²) in [6, 6.07) is 31.0. The number of ether oxygens (including phenoxy) is 2. The molecule has 0 aliphatic carbocycles. The van der Waals surface area contributed by atoms with E-state index in [1.165, 1.54) is 0 Å². The van der Waals surface area contributed by atoms with E-state index in [4.69, 9.17) is 14.3 Å². The molecule has 43 heavy (non-hydrogen) atoms. The van der Waals surface area contributed by atoms with E-state index in [0.717, 1.165) is 49.9 Å². The quantitative estimate of drug-likeness (QED) is 0.141. The second kappa shape index (κ2) is 12.8. The third-order valence-electron chi connectivity index (χ3n) is 6.69. The van der Waals surface area contributed by atoms with E-state index in [1.807, 2.05) is 91.0 Å². The van der Waals surface area contributed by atoms with Crippen molar-refractivity contribution in [3.8, 4) is 11.5 Å². The van der Waals surface area contributed by atoms with E-state index in [9.17, 15) is 0 Å². The molecule has 2 heterocycles. The largest absolute Gasteiger partial charge is 0.497 e. The highest BCUT2D eigenvalue weighted by Crippen LogP contribution is 2.31. The molecule has 0 fully saturated rings. The molecule has 0 saturated carbocycles. The van der Waals surface area contributed by atoms with Crippen LogP contribution in [-0.2, 0) is 4.84 Å². The molecular formula is C32H28BrN7O3. The zero-order chi connectivity index (χ0) is 29.6. The summed E-state index contributed by atoms with van der Waals surface area (Å²) < 4.78 is 11.5. The molecule has 0 saturated heterocycles. The number of nitrogens with one attached hydrogen (secondary N) is 3. The molecule has 1 aromatic heterocycles. The number of hydrogen-bond acceptors (Lipinski definition) is 10. The maximum Gasteiger partial charge on any atom is 0.233 e. The van der Waals surface area contributed by atoms with Crippen LogP contribution in [0.4, 0.5) is 34.9 Å². The second-order valence-electron chi connectivity index (χ2n) is 9.61. The van der Waals surface area contributed by atoms with Crippen molar-refractivity contribution in [3.05, 3.63) is 113 Å². The van der Waals surface area contributed by atoms with Crippen LogP contribution in [0.5, 0.6) is 11.5 Å². The van der Waals surface area contributed by atoms with Gasteiger partial charge in [-0.25, -0.2) is 0 Å². The van der Waals surface area contributed by atoms with Gasteiger partial charge in [-0.15, -0.1) is 0 Å². The number of aromatic nitrogens is 3. The molecule has 0 bridgehead atoms. The van der Waals surface area contributed by atoms with E-state index in [2.05, 4.69) is 58.1 Å². The predicted octanol–water partition coefficient (Wildman–Crippen LogP) is 7.75. The van der Waals surface area contributed by atoms with Gasteiger partial charge in [0.1, 0.15) is 11.5 Å². The number of oxime groups is 1. The van der Waals surface area contributed by atoms with Crippen LogP contribution in [0.3, 0.4) is 0 Å². The zero-order valence-corrected chi connectivity index (χ0v) is 25.0. The molecule has 1 aliphatic rings. The Hall–Kier alpha value is -5.16. The third kappa shape index (κ3) is 7.02. The summed E-state index contributed by atoms with van der Waals surface area (Å²) in [5.74, 6) is 2.61. The van der Waals surface area contributed by atoms with Crippen molar-refractivity contribution in [1.82, 2.24) is 15.0 Å². The Morgan fingerprint density at radius 3 is 1.63 bits per heavy atom. The average molecular weight is 639 g/mol. The average Bonchev–Trinajstić information content (AvgIpc) is 3.53. The lowest BCUT2D eigenvalue weighted by atomic mass is 10.0. The molecule has 1 unspecified atom stereocenters. The summed E-state index contributed by atoms with van der Waals surface area (Å²) in [7, 11) is 3.26. The van der Waals surface area contributed by atoms with E-state index in [-0.39, 0.29) is 6.10 Å². The SMILES string of the molecule is COc1ccc(Nc2nc(Nc3ccc(OC)cc3)nc(Nc3ccc(C4=NOC(c5cccc(Br)c5)C4)cc3)n2)cc1. The van der Waals surface area contributed by atoms with Gasteiger partial charge >= 0.3 is 0 Å². The summed E-state index contributed by atoms with van der Waals surface area (Å²) >= 11 is 3.53. The van der Waals surface area contributed by atoms with Gasteiger partial charge in [0.25, 0.3) is 0 Å². The minimum absolute atomic E-state index is 0.108. The minimum Gasteiger partial charge on any atom is -0.497 e. The normalized spacial score (nSPS) is 13.9. The van der Waals surface area contributed by atoms with E-state index < -0.39 is 0 Å². The topological polar surface area (TPSA) is 115 Å². The van der Waals surface area contributed by atoms with Gasteiger partial charge < -0.3 is 30.3 Å². The first kappa shape index (κ1) is 28.0. The first-order chi connectivity index (χ1) is 21.0. The number of benzene rings is 4. The Morgan fingerprint density at radius 1 is 0.674 bits per heavy atom. The standard InChI is InChI=1S/C32H28BrN7O3/c1-41-26-14-10-24(11-15-26)35-31-37-30(38-32(39-31)36-25-12-16-27(42-2)17-13-25)34-23-8-6-20(7-9-23)28-19-29(43-40-28)21-4-3-5-22(33)18-21/h3-18,29H,19H2,1-2H3,(H3,34,35,36,37,38,39). The van der Waals surface area contributed by atoms with E-state index in [0.29, 0.717) is 24.3 Å². The number of nitrogens with zero attached hydrogens (tertiary/aromatic N) is 4. The molecule has 1 aliphatic heterocycles. The molecule has 4 aromatic carbocycles. The number of anilines is 6. The van der Waals surface area contributed by atoms with Crippen molar-refractivity contribution in [2.24, 2.45) is 5.16 Å². The summed E-state index contributed by atoms with van der Waals surface area (Å²) in [6.07, 6.45) is 0.584. The van der Waals surface area contributed by atoms with Crippen molar-refractivity contribution in [2.45, 2.75) is 12.5 Å². The summed E-state index contributed by atoms with van der Waals surface area (Å²) in [6.45, 7) is 0. The molecule has 6 rings (SSSR count). The first-order valence-corrected chi connectivity index (χ1v) is 14.3. The predicted molar refractivity (Wildman–Crippen MR) is 171 cm³/mol. The van der Waals surface area contributed by atoms with Crippen molar-refractivity contribution < 1.29 is 14.3 Å². The van der Waals surface area contributed by atoms with Crippen LogP contribution in [0.2, 0.25) is 0 Å². The van der Waals surface area contributed by atoms with Gasteiger partial charge in [0.2, 0.25) is 17.8 Å². The van der Waals surface area contributed by atoms with Gasteiger partial charge in [0.15, 0.2) is 6.10 Å². The Bertz CT molecular complexity index is 1660. The van der Waals surface area contributed by atoms with Gasteiger partial charge in [-0.05, 0) is 83.9 Å².